The van der Waals surface area contributed by atoms with Crippen LogP contribution in [0.2, 0.25) is 0 Å². The van der Waals surface area contributed by atoms with Gasteiger partial charge in [0.2, 0.25) is 0 Å². The quantitative estimate of drug-likeness (QED) is 0.0496. The minimum atomic E-state index is -0.0607. The molecule has 4 aliphatic rings. The highest BCUT2D eigenvalue weighted by molar-refractivity contribution is 5.25. The third-order valence-corrected chi connectivity index (χ3v) is 16.2. The van der Waals surface area contributed by atoms with E-state index in [0.717, 1.165) is 61.4 Å². The molecule has 0 aromatic heterocycles. The first-order valence-corrected chi connectivity index (χ1v) is 26.3. The molecule has 2 N–H and O–H groups in total. The first kappa shape index (κ1) is 52.6. The van der Waals surface area contributed by atoms with Crippen molar-refractivity contribution in [2.45, 2.75) is 214 Å². The molecule has 0 saturated heterocycles. The molecule has 0 heterocycles. The van der Waals surface area contributed by atoms with Crippen molar-refractivity contribution < 1.29 is 24.1 Å². The van der Waals surface area contributed by atoms with Crippen LogP contribution in [0.5, 0.6) is 0 Å². The lowest BCUT2D eigenvalue weighted by molar-refractivity contribution is -0.0716. The van der Waals surface area contributed by atoms with Crippen molar-refractivity contribution in [3.63, 3.8) is 0 Å². The second-order valence-electron chi connectivity index (χ2n) is 21.3. The molecule has 354 valence electrons. The summed E-state index contributed by atoms with van der Waals surface area (Å²) in [7, 11) is 0. The molecule has 6 nitrogen and oxygen atoms in total. The van der Waals surface area contributed by atoms with Crippen LogP contribution in [0.4, 0.5) is 0 Å². The van der Waals surface area contributed by atoms with Gasteiger partial charge in [0, 0.05) is 19.2 Å². The van der Waals surface area contributed by atoms with Crippen molar-refractivity contribution in [2.24, 2.45) is 46.3 Å². The molecule has 4 rings (SSSR count). The van der Waals surface area contributed by atoms with Gasteiger partial charge in [-0.05, 0) is 143 Å². The number of rotatable bonds is 34. The number of allylic oxidation sites excluding steroid dienone is 5. The van der Waals surface area contributed by atoms with Gasteiger partial charge in [0.1, 0.15) is 0 Å². The molecule has 3 saturated carbocycles. The summed E-state index contributed by atoms with van der Waals surface area (Å²) in [4.78, 5) is 0. The second-order valence-corrected chi connectivity index (χ2v) is 21.3. The fourth-order valence-electron chi connectivity index (χ4n) is 12.4. The van der Waals surface area contributed by atoms with Gasteiger partial charge in [0.25, 0.3) is 0 Å². The Morgan fingerprint density at radius 3 is 2.25 bits per heavy atom. The van der Waals surface area contributed by atoms with Gasteiger partial charge in [0.05, 0.1) is 51.8 Å². The second kappa shape index (κ2) is 29.5. The first-order chi connectivity index (χ1) is 29.6. The third kappa shape index (κ3) is 17.7. The Morgan fingerprint density at radius 1 is 0.754 bits per heavy atom. The Hall–Kier alpha value is -1.02. The molecule has 6 heteroatoms. The maximum absolute atomic E-state index is 9.51. The molecule has 0 spiro atoms. The van der Waals surface area contributed by atoms with Crippen molar-refractivity contribution in [2.75, 3.05) is 52.8 Å². The zero-order valence-electron chi connectivity index (χ0n) is 41.1. The number of fused-ring (bicyclic) bond motifs is 5. The average molecular weight is 854 g/mol. The number of aliphatic hydroxyl groups excluding tert-OH is 1. The van der Waals surface area contributed by atoms with Crippen LogP contribution in [0.25, 0.3) is 0 Å². The molecular formula is C55H99NO5. The Labute approximate surface area is 377 Å². The lowest BCUT2D eigenvalue weighted by Gasteiger charge is -2.58. The van der Waals surface area contributed by atoms with E-state index in [0.29, 0.717) is 56.5 Å². The van der Waals surface area contributed by atoms with E-state index in [1.54, 1.807) is 5.57 Å². The van der Waals surface area contributed by atoms with Crippen LogP contribution in [-0.2, 0) is 18.9 Å². The van der Waals surface area contributed by atoms with Crippen LogP contribution in [0.15, 0.2) is 36.0 Å². The molecule has 0 amide bonds. The number of ether oxygens (including phenoxy) is 4. The SMILES string of the molecule is CCCCC/C=C\C/C=C\CCCCCCCCOCC(CNC(C)CO)OCCOCCO[C@H]1CCC2(C)C(=CCC3C2CCC2(C)C3CC[C@@H]2[C@@H](C)CCCC(C)C)C1. The maximum atomic E-state index is 9.51. The summed E-state index contributed by atoms with van der Waals surface area (Å²) in [6.07, 6.45) is 42.2. The van der Waals surface area contributed by atoms with Crippen LogP contribution < -0.4 is 5.32 Å². The minimum Gasteiger partial charge on any atom is -0.395 e. The third-order valence-electron chi connectivity index (χ3n) is 16.2. The number of unbranched alkanes of at least 4 members (excludes halogenated alkanes) is 9. The van der Waals surface area contributed by atoms with Gasteiger partial charge in [-0.25, -0.2) is 0 Å². The van der Waals surface area contributed by atoms with Crippen molar-refractivity contribution >= 4 is 0 Å². The van der Waals surface area contributed by atoms with Crippen LogP contribution in [0.3, 0.4) is 0 Å². The molecule has 0 radical (unpaired) electrons. The minimum absolute atomic E-state index is 0.0344. The Morgan fingerprint density at radius 2 is 1.49 bits per heavy atom. The largest absolute Gasteiger partial charge is 0.395 e. The summed E-state index contributed by atoms with van der Waals surface area (Å²) in [5, 5.41) is 12.9. The molecular weight excluding hydrogens is 755 g/mol. The molecule has 10 atom stereocenters. The van der Waals surface area contributed by atoms with Gasteiger partial charge >= 0.3 is 0 Å². The Balaban J connectivity index is 1.05. The lowest BCUT2D eigenvalue weighted by Crippen LogP contribution is -2.51. The van der Waals surface area contributed by atoms with Crippen LogP contribution in [0, 0.1) is 46.3 Å². The van der Waals surface area contributed by atoms with E-state index < -0.39 is 0 Å². The normalized spacial score (nSPS) is 29.2. The van der Waals surface area contributed by atoms with E-state index >= 15 is 0 Å². The predicted molar refractivity (Wildman–Crippen MR) is 258 cm³/mol. The smallest absolute Gasteiger partial charge is 0.0933 e. The first-order valence-electron chi connectivity index (χ1n) is 26.3. The fraction of sp³-hybridized carbons (Fsp3) is 0.891. The molecule has 0 aromatic rings. The Bertz CT molecular complexity index is 1230. The molecule has 7 unspecified atom stereocenters. The highest BCUT2D eigenvalue weighted by Gasteiger charge is 2.59. The van der Waals surface area contributed by atoms with E-state index in [9.17, 15) is 5.11 Å². The van der Waals surface area contributed by atoms with E-state index in [1.807, 2.05) is 6.92 Å². The number of aliphatic hydroxyl groups is 1. The van der Waals surface area contributed by atoms with E-state index in [2.05, 4.69) is 77.2 Å². The van der Waals surface area contributed by atoms with Crippen LogP contribution in [-0.4, -0.2) is 76.1 Å². The summed E-state index contributed by atoms with van der Waals surface area (Å²) in [5.74, 6) is 5.30. The average Bonchev–Trinajstić information content (AvgIpc) is 3.61. The zero-order chi connectivity index (χ0) is 43.8. The zero-order valence-corrected chi connectivity index (χ0v) is 41.1. The van der Waals surface area contributed by atoms with Crippen molar-refractivity contribution in [1.82, 2.24) is 5.32 Å². The number of nitrogens with one attached hydrogen (secondary N) is 1. The van der Waals surface area contributed by atoms with Gasteiger partial charge in [-0.3, -0.25) is 0 Å². The lowest BCUT2D eigenvalue weighted by atomic mass is 9.47. The fourth-order valence-corrected chi connectivity index (χ4v) is 12.4. The van der Waals surface area contributed by atoms with E-state index in [-0.39, 0.29) is 18.8 Å². The monoisotopic (exact) mass is 854 g/mol. The maximum Gasteiger partial charge on any atom is 0.0933 e. The molecule has 61 heavy (non-hydrogen) atoms. The molecule has 0 bridgehead atoms. The van der Waals surface area contributed by atoms with Crippen LogP contribution in [0.1, 0.15) is 196 Å². The molecule has 3 fully saturated rings. The molecule has 0 aliphatic heterocycles. The van der Waals surface area contributed by atoms with Crippen molar-refractivity contribution in [3.05, 3.63) is 36.0 Å². The highest BCUT2D eigenvalue weighted by atomic mass is 16.6. The molecule has 4 aliphatic carbocycles. The van der Waals surface area contributed by atoms with E-state index in [1.165, 1.54) is 128 Å². The van der Waals surface area contributed by atoms with Gasteiger partial charge in [-0.15, -0.1) is 0 Å². The predicted octanol–water partition coefficient (Wildman–Crippen LogP) is 13.6. The summed E-state index contributed by atoms with van der Waals surface area (Å²) in [5.41, 5.74) is 2.63. The Kier molecular flexibility index (Phi) is 25.4. The number of hydrogen-bond acceptors (Lipinski definition) is 6. The highest BCUT2D eigenvalue weighted by Crippen LogP contribution is 2.67. The van der Waals surface area contributed by atoms with Gasteiger partial charge < -0.3 is 29.4 Å². The van der Waals surface area contributed by atoms with Crippen molar-refractivity contribution in [1.29, 1.82) is 0 Å². The standard InChI is InChI=1S/C55H99NO5/c1-8-9-10-11-12-13-14-15-16-17-18-19-20-21-22-23-35-59-43-49(41-56-46(5)42-57)61-39-37-58-36-38-60-48-31-33-54(6)47(40-48)27-28-50-52-30-29-51(45(4)26-24-25-44(2)3)55(52,7)34-32-53(50)54/h12-13,15-16,27,44-46,48-53,56-57H,8-11,14,17-26,28-43H2,1-7H3/b13-12-,16-15-/t45-,46?,48-,49?,50?,51+,52?,53?,54?,55?/m0/s1. The van der Waals surface area contributed by atoms with Gasteiger partial charge in [-0.1, -0.05) is 135 Å². The summed E-state index contributed by atoms with van der Waals surface area (Å²) in [6, 6.07) is 0.0344. The summed E-state index contributed by atoms with van der Waals surface area (Å²) in [6.45, 7) is 21.4. The number of hydrogen-bond donors (Lipinski definition) is 2. The molecule has 0 aromatic carbocycles. The van der Waals surface area contributed by atoms with Crippen molar-refractivity contribution in [3.8, 4) is 0 Å². The topological polar surface area (TPSA) is 69.2 Å². The summed E-state index contributed by atoms with van der Waals surface area (Å²) < 4.78 is 24.7. The van der Waals surface area contributed by atoms with E-state index in [4.69, 9.17) is 18.9 Å². The van der Waals surface area contributed by atoms with Gasteiger partial charge in [0.15, 0.2) is 0 Å². The van der Waals surface area contributed by atoms with Gasteiger partial charge in [-0.2, -0.15) is 0 Å². The van der Waals surface area contributed by atoms with Crippen LogP contribution >= 0.6 is 0 Å². The summed E-state index contributed by atoms with van der Waals surface area (Å²) >= 11 is 0.